The van der Waals surface area contributed by atoms with Crippen LogP contribution in [0.5, 0.6) is 0 Å². The largest absolute Gasteiger partial charge is 0.370 e. The molecule has 0 spiro atoms. The summed E-state index contributed by atoms with van der Waals surface area (Å²) in [5.41, 5.74) is 18.7. The average Bonchev–Trinajstić information content (AvgIpc) is 3.63. The molecule has 5 atom stereocenters. The molecule has 19 heteroatoms. The first-order valence-corrected chi connectivity index (χ1v) is 22.4. The minimum absolute atomic E-state index is 0.0603. The van der Waals surface area contributed by atoms with E-state index in [9.17, 15) is 28.8 Å². The number of para-hydroxylation sites is 1. The Morgan fingerprint density at radius 3 is 1.61 bits per heavy atom. The maximum absolute atomic E-state index is 13.5. The van der Waals surface area contributed by atoms with Crippen molar-refractivity contribution in [3.8, 4) is 0 Å². The summed E-state index contributed by atoms with van der Waals surface area (Å²) < 4.78 is 0. The molecule has 1 aromatic heterocycles. The number of carbonyl (C=O) groups is 6. The van der Waals surface area contributed by atoms with Crippen LogP contribution in [0.15, 0.2) is 30.5 Å². The van der Waals surface area contributed by atoms with E-state index in [4.69, 9.17) is 17.2 Å². The Hall–Kier alpha value is -5.30. The first-order valence-electron chi connectivity index (χ1n) is 22.4. The molecule has 62 heavy (non-hydrogen) atoms. The van der Waals surface area contributed by atoms with E-state index in [-0.39, 0.29) is 62.4 Å². The zero-order chi connectivity index (χ0) is 45.9. The van der Waals surface area contributed by atoms with Gasteiger partial charge in [0.2, 0.25) is 11.8 Å². The number of carbonyl (C=O) groups excluding carboxylic acids is 6. The number of hydrogen-bond acceptors (Lipinski definition) is 8. The number of aromatic nitrogens is 1. The molecule has 0 aliphatic carbocycles. The third-order valence-electron chi connectivity index (χ3n) is 10.6. The Balaban J connectivity index is 2.10. The molecule has 2 aromatic rings. The van der Waals surface area contributed by atoms with Crippen LogP contribution in [0.2, 0.25) is 0 Å². The number of benzene rings is 1. The highest BCUT2D eigenvalue weighted by molar-refractivity contribution is 5.83. The van der Waals surface area contributed by atoms with Gasteiger partial charge in [-0.15, -0.1) is 0 Å². The molecule has 0 aliphatic rings. The summed E-state index contributed by atoms with van der Waals surface area (Å²) in [6.45, 7) is 11.4. The van der Waals surface area contributed by atoms with Crippen molar-refractivity contribution >= 4 is 46.8 Å². The predicted molar refractivity (Wildman–Crippen MR) is 244 cm³/mol. The van der Waals surface area contributed by atoms with Gasteiger partial charge in [-0.1, -0.05) is 65.7 Å². The lowest BCUT2D eigenvalue weighted by Gasteiger charge is -2.25. The fraction of sp³-hybridized carbons (Fsp3) is 0.674. The van der Waals surface area contributed by atoms with Gasteiger partial charge in [0, 0.05) is 80.3 Å². The summed E-state index contributed by atoms with van der Waals surface area (Å²) in [5.74, 6) is -0.325. The van der Waals surface area contributed by atoms with Gasteiger partial charge in [0.05, 0.1) is 6.04 Å². The number of aromatic amines is 1. The third kappa shape index (κ3) is 22.0. The number of fused-ring (bicyclic) bond motifs is 1. The van der Waals surface area contributed by atoms with Crippen molar-refractivity contribution in [2.75, 3.05) is 39.3 Å². The highest BCUT2D eigenvalue weighted by Gasteiger charge is 2.22. The zero-order valence-electron chi connectivity index (χ0n) is 37.6. The molecule has 0 fully saturated rings. The molecule has 0 unspecified atom stereocenters. The van der Waals surface area contributed by atoms with Crippen molar-refractivity contribution < 1.29 is 28.8 Å². The Morgan fingerprint density at radius 1 is 0.597 bits per heavy atom. The van der Waals surface area contributed by atoms with Crippen LogP contribution in [0.1, 0.15) is 104 Å². The molecule has 2 rings (SSSR count). The number of urea groups is 4. The van der Waals surface area contributed by atoms with Crippen LogP contribution in [-0.2, 0) is 16.0 Å². The number of hydrogen-bond donors (Lipinski definition) is 13. The van der Waals surface area contributed by atoms with Crippen molar-refractivity contribution in [3.63, 3.8) is 0 Å². The molecule has 0 saturated carbocycles. The zero-order valence-corrected chi connectivity index (χ0v) is 37.6. The number of amides is 10. The minimum atomic E-state index is -0.546. The number of nitrogens with one attached hydrogen (secondary N) is 10. The van der Waals surface area contributed by atoms with Crippen LogP contribution < -0.4 is 65.1 Å². The molecule has 0 radical (unpaired) electrons. The van der Waals surface area contributed by atoms with E-state index < -0.39 is 48.2 Å². The van der Waals surface area contributed by atoms with Crippen LogP contribution in [0.4, 0.5) is 19.2 Å². The fourth-order valence-electron chi connectivity index (χ4n) is 6.87. The van der Waals surface area contributed by atoms with Gasteiger partial charge in [0.25, 0.3) is 0 Å². The molecule has 10 amide bonds. The minimum Gasteiger partial charge on any atom is -0.370 e. The Morgan fingerprint density at radius 2 is 1.10 bits per heavy atom. The van der Waals surface area contributed by atoms with Gasteiger partial charge in [-0.3, -0.25) is 9.59 Å². The highest BCUT2D eigenvalue weighted by atomic mass is 16.2. The lowest BCUT2D eigenvalue weighted by molar-refractivity contribution is -0.122. The third-order valence-corrected chi connectivity index (χ3v) is 10.6. The number of nitrogens with two attached hydrogens (primary N) is 3. The van der Waals surface area contributed by atoms with Gasteiger partial charge >= 0.3 is 24.1 Å². The Labute approximate surface area is 367 Å². The second kappa shape index (κ2) is 29.9. The second-order valence-electron chi connectivity index (χ2n) is 16.7. The van der Waals surface area contributed by atoms with E-state index in [1.807, 2.05) is 65.1 Å². The van der Waals surface area contributed by atoms with Crippen LogP contribution in [0, 0.1) is 11.8 Å². The van der Waals surface area contributed by atoms with Gasteiger partial charge in [0.1, 0.15) is 0 Å². The smallest absolute Gasteiger partial charge is 0.315 e. The van der Waals surface area contributed by atoms with Crippen molar-refractivity contribution in [2.45, 2.75) is 135 Å². The van der Waals surface area contributed by atoms with Crippen molar-refractivity contribution in [2.24, 2.45) is 29.0 Å². The monoisotopic (exact) mass is 872 g/mol. The van der Waals surface area contributed by atoms with E-state index >= 15 is 0 Å². The molecule has 19 nitrogen and oxygen atoms in total. The van der Waals surface area contributed by atoms with Gasteiger partial charge in [-0.05, 0) is 81.5 Å². The molecular formula is C43H77N13O6. The maximum Gasteiger partial charge on any atom is 0.315 e. The highest BCUT2D eigenvalue weighted by Crippen LogP contribution is 2.19. The number of unbranched alkanes of at least 4 members (excludes halogenated alkanes) is 2. The lowest BCUT2D eigenvalue weighted by atomic mass is 9.99. The van der Waals surface area contributed by atoms with Crippen LogP contribution in [-0.4, -0.2) is 110 Å². The van der Waals surface area contributed by atoms with Crippen molar-refractivity contribution in [1.82, 2.24) is 52.8 Å². The summed E-state index contributed by atoms with van der Waals surface area (Å²) in [4.78, 5) is 79.6. The van der Waals surface area contributed by atoms with Crippen molar-refractivity contribution in [3.05, 3.63) is 36.0 Å². The topological polar surface area (TPSA) is 305 Å². The molecule has 1 heterocycles. The Bertz CT molecular complexity index is 1650. The molecule has 0 bridgehead atoms. The summed E-state index contributed by atoms with van der Waals surface area (Å²) in [6.07, 6.45) is 8.06. The molecule has 0 saturated heterocycles. The van der Waals surface area contributed by atoms with E-state index in [1.54, 1.807) is 0 Å². The van der Waals surface area contributed by atoms with E-state index in [0.717, 1.165) is 48.6 Å². The number of rotatable bonds is 30. The average molecular weight is 872 g/mol. The van der Waals surface area contributed by atoms with Gasteiger partial charge in [-0.25, -0.2) is 19.2 Å². The summed E-state index contributed by atoms with van der Waals surface area (Å²) in [5, 5.41) is 27.3. The summed E-state index contributed by atoms with van der Waals surface area (Å²) >= 11 is 0. The van der Waals surface area contributed by atoms with Gasteiger partial charge < -0.3 is 70.0 Å². The SMILES string of the molecule is CCCC(=O)N[C@H](CNC(=O)N[C@@H](CCCCN)CNC(=O)N[C@H](CNC(=O)N[C@@H](CCCCN)CNC(=O)N[C@H](CCC(N)=O)C(C)C)Cc1c[nH]c2ccccc12)C(C)C. The quantitative estimate of drug-likeness (QED) is 0.0517. The number of H-pyrrole nitrogens is 1. The van der Waals surface area contributed by atoms with Crippen molar-refractivity contribution in [1.29, 1.82) is 0 Å². The molecule has 16 N–H and O–H groups in total. The van der Waals surface area contributed by atoms with Gasteiger partial charge in [0.15, 0.2) is 0 Å². The summed E-state index contributed by atoms with van der Waals surface area (Å²) in [6, 6.07) is 4.15. The van der Waals surface area contributed by atoms with Crippen LogP contribution in [0.25, 0.3) is 10.9 Å². The van der Waals surface area contributed by atoms with E-state index in [0.29, 0.717) is 45.2 Å². The second-order valence-corrected chi connectivity index (χ2v) is 16.7. The first kappa shape index (κ1) is 52.8. The molecule has 1 aromatic carbocycles. The molecule has 350 valence electrons. The fourth-order valence-corrected chi connectivity index (χ4v) is 6.87. The van der Waals surface area contributed by atoms with Crippen LogP contribution >= 0.6 is 0 Å². The standard InChI is InChI=1S/C43H77N13O6/c1-6-13-39(58)55-37(29(4)5)27-51-42(61)53-31(14-9-11-20-44)24-48-41(60)54-33(22-30-23-47-36-17-8-7-16-34(30)36)26-50-40(59)52-32(15-10-12-21-45)25-49-43(62)56-35(28(2)3)18-19-38(46)57/h7-8,16-17,23,28-29,31-33,35,37,47H,6,9-15,18-22,24-27,44-45H2,1-5H3,(H2,46,57)(H,55,58)(H2,48,54,60)(H2,49,56,62)(H2,50,52,59)(H2,51,53,61)/t31-,32-,33-,35+,37+/m0/s1. The first-order chi connectivity index (χ1) is 29.6. The summed E-state index contributed by atoms with van der Waals surface area (Å²) in [7, 11) is 0. The number of primary amides is 1. The van der Waals surface area contributed by atoms with E-state index in [1.165, 1.54) is 0 Å². The van der Waals surface area contributed by atoms with E-state index in [2.05, 4.69) is 52.8 Å². The maximum atomic E-state index is 13.5. The van der Waals surface area contributed by atoms with Gasteiger partial charge in [-0.2, -0.15) is 0 Å². The Kier molecular flexibility index (Phi) is 25.5. The normalized spacial score (nSPS) is 13.6. The molecule has 0 aliphatic heterocycles. The predicted octanol–water partition coefficient (Wildman–Crippen LogP) is 2.50. The molecular weight excluding hydrogens is 795 g/mol. The lowest BCUT2D eigenvalue weighted by Crippen LogP contribution is -2.55. The van der Waals surface area contributed by atoms with Crippen LogP contribution in [0.3, 0.4) is 0 Å².